The van der Waals surface area contributed by atoms with Gasteiger partial charge in [-0.2, -0.15) is 5.10 Å². The summed E-state index contributed by atoms with van der Waals surface area (Å²) in [5.41, 5.74) is 9.85. The number of aliphatic hydroxyl groups is 1. The predicted molar refractivity (Wildman–Crippen MR) is 77.8 cm³/mol. The minimum atomic E-state index is -0.375. The van der Waals surface area contributed by atoms with Crippen LogP contribution in [0.2, 0.25) is 0 Å². The number of nitrogens with two attached hydrogens (primary N) is 1. The summed E-state index contributed by atoms with van der Waals surface area (Å²) in [6, 6.07) is 7.39. The lowest BCUT2D eigenvalue weighted by Gasteiger charge is -2.14. The maximum absolute atomic E-state index is 9.17. The number of aromatic nitrogens is 2. The number of methoxy groups -OCH3 is 1. The lowest BCUT2D eigenvalue weighted by atomic mass is 10.0. The van der Waals surface area contributed by atoms with E-state index in [9.17, 15) is 0 Å². The van der Waals surface area contributed by atoms with Crippen molar-refractivity contribution < 1.29 is 9.84 Å². The fraction of sp³-hybridized carbons (Fsp3) is 0.400. The van der Waals surface area contributed by atoms with Crippen LogP contribution in [-0.2, 0) is 6.54 Å². The van der Waals surface area contributed by atoms with Crippen molar-refractivity contribution in [1.29, 1.82) is 0 Å². The summed E-state index contributed by atoms with van der Waals surface area (Å²) in [7, 11) is 1.64. The van der Waals surface area contributed by atoms with Gasteiger partial charge in [0.15, 0.2) is 0 Å². The van der Waals surface area contributed by atoms with E-state index in [1.54, 1.807) is 7.11 Å². The van der Waals surface area contributed by atoms with Crippen molar-refractivity contribution in [2.24, 2.45) is 5.73 Å². The molecule has 0 spiro atoms. The van der Waals surface area contributed by atoms with E-state index in [0.717, 1.165) is 28.3 Å². The first-order valence-corrected chi connectivity index (χ1v) is 6.59. The second kappa shape index (κ2) is 6.07. The number of ether oxygens (including phenoxy) is 1. The van der Waals surface area contributed by atoms with Gasteiger partial charge in [-0.15, -0.1) is 0 Å². The highest BCUT2D eigenvalue weighted by atomic mass is 16.5. The molecule has 3 N–H and O–H groups in total. The standard InChI is InChI=1S/C15H21N3O2/c1-10-6-11(2)18(17-10)8-13-7-12(14(16)9-19)4-5-15(13)20-3/h4-7,14,19H,8-9,16H2,1-3H3/t14-/m0/s1. The van der Waals surface area contributed by atoms with E-state index in [0.29, 0.717) is 6.54 Å². The molecule has 0 aliphatic heterocycles. The molecule has 1 aromatic heterocycles. The quantitative estimate of drug-likeness (QED) is 0.868. The Labute approximate surface area is 119 Å². The molecular weight excluding hydrogens is 254 g/mol. The van der Waals surface area contributed by atoms with Crippen LogP contribution in [0.15, 0.2) is 24.3 Å². The largest absolute Gasteiger partial charge is 0.496 e. The maximum Gasteiger partial charge on any atom is 0.123 e. The topological polar surface area (TPSA) is 73.3 Å². The highest BCUT2D eigenvalue weighted by Gasteiger charge is 2.11. The van der Waals surface area contributed by atoms with Gasteiger partial charge in [0, 0.05) is 11.3 Å². The Kier molecular flexibility index (Phi) is 4.42. The number of aryl methyl sites for hydroxylation is 2. The molecule has 108 valence electrons. The lowest BCUT2D eigenvalue weighted by Crippen LogP contribution is -2.15. The zero-order valence-corrected chi connectivity index (χ0v) is 12.1. The molecule has 2 rings (SSSR count). The summed E-state index contributed by atoms with van der Waals surface area (Å²) in [4.78, 5) is 0. The summed E-state index contributed by atoms with van der Waals surface area (Å²) in [6.45, 7) is 4.54. The molecule has 1 aromatic carbocycles. The molecule has 2 aromatic rings. The number of hydrogen-bond donors (Lipinski definition) is 2. The molecule has 0 radical (unpaired) electrons. The van der Waals surface area contributed by atoms with Crippen molar-refractivity contribution in [3.8, 4) is 5.75 Å². The molecule has 0 saturated carbocycles. The van der Waals surface area contributed by atoms with Gasteiger partial charge in [-0.05, 0) is 37.6 Å². The number of hydrogen-bond acceptors (Lipinski definition) is 4. The second-order valence-corrected chi connectivity index (χ2v) is 4.95. The number of benzene rings is 1. The predicted octanol–water partition coefficient (Wildman–Crippen LogP) is 1.55. The van der Waals surface area contributed by atoms with Gasteiger partial charge in [0.2, 0.25) is 0 Å². The van der Waals surface area contributed by atoms with Crippen LogP contribution in [0.25, 0.3) is 0 Å². The van der Waals surface area contributed by atoms with Gasteiger partial charge in [0.05, 0.1) is 32.0 Å². The summed E-state index contributed by atoms with van der Waals surface area (Å²) < 4.78 is 7.32. The van der Waals surface area contributed by atoms with Crippen molar-refractivity contribution in [3.63, 3.8) is 0 Å². The molecule has 1 atom stereocenters. The van der Waals surface area contributed by atoms with Crippen LogP contribution in [0.5, 0.6) is 5.75 Å². The van der Waals surface area contributed by atoms with Crippen molar-refractivity contribution >= 4 is 0 Å². The highest BCUT2D eigenvalue weighted by molar-refractivity contribution is 5.38. The van der Waals surface area contributed by atoms with E-state index in [1.165, 1.54) is 0 Å². The SMILES string of the molecule is COc1ccc([C@@H](N)CO)cc1Cn1nc(C)cc1C. The summed E-state index contributed by atoms with van der Waals surface area (Å²) in [5, 5.41) is 13.6. The average Bonchev–Trinajstić information content (AvgIpc) is 2.76. The Hall–Kier alpha value is -1.85. The van der Waals surface area contributed by atoms with Crippen LogP contribution in [0, 0.1) is 13.8 Å². The van der Waals surface area contributed by atoms with E-state index in [1.807, 2.05) is 42.8 Å². The Morgan fingerprint density at radius 2 is 2.10 bits per heavy atom. The Morgan fingerprint density at radius 1 is 1.35 bits per heavy atom. The van der Waals surface area contributed by atoms with Crippen molar-refractivity contribution in [3.05, 3.63) is 46.8 Å². The molecule has 0 unspecified atom stereocenters. The van der Waals surface area contributed by atoms with Gasteiger partial charge in [-0.3, -0.25) is 4.68 Å². The molecule has 5 heteroatoms. The van der Waals surface area contributed by atoms with Gasteiger partial charge >= 0.3 is 0 Å². The third-order valence-corrected chi connectivity index (χ3v) is 3.35. The Balaban J connectivity index is 2.35. The third kappa shape index (κ3) is 3.00. The molecule has 5 nitrogen and oxygen atoms in total. The summed E-state index contributed by atoms with van der Waals surface area (Å²) >= 11 is 0. The number of nitrogens with zero attached hydrogens (tertiary/aromatic N) is 2. The summed E-state index contributed by atoms with van der Waals surface area (Å²) in [6.07, 6.45) is 0. The van der Waals surface area contributed by atoms with Crippen molar-refractivity contribution in [2.45, 2.75) is 26.4 Å². The van der Waals surface area contributed by atoms with Crippen LogP contribution in [0.4, 0.5) is 0 Å². The van der Waals surface area contributed by atoms with E-state index >= 15 is 0 Å². The molecule has 0 amide bonds. The minimum absolute atomic E-state index is 0.0777. The van der Waals surface area contributed by atoms with Gasteiger partial charge < -0.3 is 15.6 Å². The lowest BCUT2D eigenvalue weighted by molar-refractivity contribution is 0.268. The number of aliphatic hydroxyl groups excluding tert-OH is 1. The number of rotatable bonds is 5. The molecule has 0 fully saturated rings. The van der Waals surface area contributed by atoms with Gasteiger partial charge in [0.25, 0.3) is 0 Å². The molecular formula is C15H21N3O2. The normalized spacial score (nSPS) is 12.4. The first-order valence-electron chi connectivity index (χ1n) is 6.59. The zero-order chi connectivity index (χ0) is 14.7. The van der Waals surface area contributed by atoms with Gasteiger partial charge in [0.1, 0.15) is 5.75 Å². The first kappa shape index (κ1) is 14.6. The molecule has 0 aliphatic rings. The van der Waals surface area contributed by atoms with Crippen LogP contribution in [-0.4, -0.2) is 28.6 Å². The van der Waals surface area contributed by atoms with E-state index < -0.39 is 0 Å². The van der Waals surface area contributed by atoms with Crippen LogP contribution in [0.3, 0.4) is 0 Å². The average molecular weight is 275 g/mol. The Morgan fingerprint density at radius 3 is 2.65 bits per heavy atom. The summed E-state index contributed by atoms with van der Waals surface area (Å²) in [5.74, 6) is 0.798. The fourth-order valence-electron chi connectivity index (χ4n) is 2.25. The van der Waals surface area contributed by atoms with Gasteiger partial charge in [-0.25, -0.2) is 0 Å². The van der Waals surface area contributed by atoms with Gasteiger partial charge in [-0.1, -0.05) is 6.07 Å². The fourth-order valence-corrected chi connectivity index (χ4v) is 2.25. The molecule has 20 heavy (non-hydrogen) atoms. The van der Waals surface area contributed by atoms with Crippen molar-refractivity contribution in [1.82, 2.24) is 9.78 Å². The minimum Gasteiger partial charge on any atom is -0.496 e. The smallest absolute Gasteiger partial charge is 0.123 e. The second-order valence-electron chi connectivity index (χ2n) is 4.95. The van der Waals surface area contributed by atoms with E-state index in [4.69, 9.17) is 15.6 Å². The maximum atomic E-state index is 9.17. The molecule has 0 bridgehead atoms. The van der Waals surface area contributed by atoms with E-state index in [-0.39, 0.29) is 12.6 Å². The molecule has 0 saturated heterocycles. The molecule has 0 aliphatic carbocycles. The Bertz CT molecular complexity index is 593. The van der Waals surface area contributed by atoms with Crippen LogP contribution in [0.1, 0.15) is 28.6 Å². The monoisotopic (exact) mass is 275 g/mol. The van der Waals surface area contributed by atoms with E-state index in [2.05, 4.69) is 5.10 Å². The van der Waals surface area contributed by atoms with Crippen molar-refractivity contribution in [2.75, 3.05) is 13.7 Å². The zero-order valence-electron chi connectivity index (χ0n) is 12.1. The third-order valence-electron chi connectivity index (χ3n) is 3.35. The van der Waals surface area contributed by atoms with Crippen LogP contribution < -0.4 is 10.5 Å². The highest BCUT2D eigenvalue weighted by Crippen LogP contribution is 2.24. The van der Waals surface area contributed by atoms with Crippen LogP contribution >= 0.6 is 0 Å². The molecule has 1 heterocycles. The first-order chi connectivity index (χ1) is 9.55.